The molecule has 1 saturated heterocycles. The van der Waals surface area contributed by atoms with Crippen LogP contribution in [0.2, 0.25) is 0 Å². The van der Waals surface area contributed by atoms with Crippen molar-refractivity contribution in [3.8, 4) is 5.75 Å². The van der Waals surface area contributed by atoms with Crippen LogP contribution in [0.25, 0.3) is 0 Å². The molecular formula is C43H57N10O8S+. The van der Waals surface area contributed by atoms with Crippen molar-refractivity contribution in [2.24, 2.45) is 0 Å². The number of sulfonamides is 1. The van der Waals surface area contributed by atoms with Gasteiger partial charge in [-0.05, 0) is 106 Å². The van der Waals surface area contributed by atoms with Gasteiger partial charge in [0.2, 0.25) is 6.54 Å². The number of unbranched alkanes of at least 4 members (excludes halogenated alkanes) is 3. The van der Waals surface area contributed by atoms with E-state index < -0.39 is 27.7 Å². The summed E-state index contributed by atoms with van der Waals surface area (Å²) >= 11 is 0. The zero-order valence-electron chi connectivity index (χ0n) is 35.2. The molecule has 1 fully saturated rings. The number of aryl methyl sites for hydroxylation is 1. The van der Waals surface area contributed by atoms with Crippen molar-refractivity contribution in [3.63, 3.8) is 0 Å². The maximum Gasteiger partial charge on any atom is 0.327 e. The maximum atomic E-state index is 13.6. The Morgan fingerprint density at radius 3 is 2.34 bits per heavy atom. The largest absolute Gasteiger partial charge is 0.477 e. The van der Waals surface area contributed by atoms with Gasteiger partial charge in [0.05, 0.1) is 30.0 Å². The lowest BCUT2D eigenvalue weighted by atomic mass is 10.1. The van der Waals surface area contributed by atoms with Crippen LogP contribution in [0.4, 0.5) is 17.1 Å². The molecule has 18 nitrogen and oxygen atoms in total. The SMILES string of the molecule is Cc1ccc(S(=O)(=O)Nc2ccc(NNC(=O)C(=O)NCCCN3CCOCC3)cc2)c(C)c1NC(=O)C[n+]1cccc(C(=O)NCCCCCCNCOc2cccnc2)c1. The van der Waals surface area contributed by atoms with Crippen LogP contribution in [0, 0.1) is 13.8 Å². The van der Waals surface area contributed by atoms with Crippen LogP contribution in [0.1, 0.15) is 53.6 Å². The van der Waals surface area contributed by atoms with Crippen LogP contribution in [0.15, 0.2) is 90.3 Å². The topological polar surface area (TPSA) is 225 Å². The molecule has 0 atom stereocenters. The molecule has 0 radical (unpaired) electrons. The molecule has 3 heterocycles. The molecule has 7 N–H and O–H groups in total. The Hall–Kier alpha value is -6.15. The molecule has 5 rings (SSSR count). The van der Waals surface area contributed by atoms with Crippen LogP contribution in [-0.2, 0) is 35.7 Å². The predicted octanol–water partition coefficient (Wildman–Crippen LogP) is 2.62. The van der Waals surface area contributed by atoms with Gasteiger partial charge in [0, 0.05) is 49.8 Å². The number of benzene rings is 2. The van der Waals surface area contributed by atoms with Gasteiger partial charge in [0.25, 0.3) is 21.8 Å². The van der Waals surface area contributed by atoms with E-state index in [0.717, 1.165) is 57.6 Å². The highest BCUT2D eigenvalue weighted by molar-refractivity contribution is 7.92. The molecule has 332 valence electrons. The average molecular weight is 874 g/mol. The maximum absolute atomic E-state index is 13.6. The first-order valence-corrected chi connectivity index (χ1v) is 22.1. The van der Waals surface area contributed by atoms with Crippen LogP contribution < -0.4 is 46.1 Å². The Kier molecular flexibility index (Phi) is 18.4. The summed E-state index contributed by atoms with van der Waals surface area (Å²) in [5, 5.41) is 11.6. The molecule has 2 aromatic heterocycles. The van der Waals surface area contributed by atoms with Crippen molar-refractivity contribution in [1.29, 1.82) is 0 Å². The second-order valence-electron chi connectivity index (χ2n) is 14.7. The fourth-order valence-electron chi connectivity index (χ4n) is 6.51. The number of hydrogen-bond acceptors (Lipinski definition) is 12. The monoisotopic (exact) mass is 873 g/mol. The van der Waals surface area contributed by atoms with Crippen molar-refractivity contribution in [2.45, 2.75) is 57.4 Å². The van der Waals surface area contributed by atoms with Gasteiger partial charge < -0.3 is 25.4 Å². The Bertz CT molecular complexity index is 2210. The minimum atomic E-state index is -4.10. The first kappa shape index (κ1) is 46.9. The summed E-state index contributed by atoms with van der Waals surface area (Å²) in [7, 11) is -4.10. The Balaban J connectivity index is 1.02. The second kappa shape index (κ2) is 24.3. The molecule has 2 aromatic carbocycles. The zero-order chi connectivity index (χ0) is 44.2. The number of rotatable bonds is 23. The van der Waals surface area contributed by atoms with E-state index in [-0.39, 0.29) is 23.0 Å². The Labute approximate surface area is 362 Å². The summed E-state index contributed by atoms with van der Waals surface area (Å²) in [4.78, 5) is 56.8. The molecule has 0 aliphatic carbocycles. The van der Waals surface area contributed by atoms with Crippen molar-refractivity contribution < 1.29 is 41.6 Å². The van der Waals surface area contributed by atoms with E-state index in [1.54, 1.807) is 61.4 Å². The number of carbonyl (C=O) groups is 4. The molecule has 1 aliphatic rings. The van der Waals surface area contributed by atoms with Gasteiger partial charge in [-0.15, -0.1) is 0 Å². The van der Waals surface area contributed by atoms with Gasteiger partial charge in [-0.25, -0.2) is 8.42 Å². The predicted molar refractivity (Wildman–Crippen MR) is 234 cm³/mol. The number of morpholine rings is 1. The number of nitrogens with zero attached hydrogens (tertiary/aromatic N) is 3. The molecular weight excluding hydrogens is 817 g/mol. The quantitative estimate of drug-likeness (QED) is 0.0188. The molecule has 1 aliphatic heterocycles. The number of amides is 4. The highest BCUT2D eigenvalue weighted by Crippen LogP contribution is 2.28. The van der Waals surface area contributed by atoms with E-state index in [9.17, 15) is 27.6 Å². The van der Waals surface area contributed by atoms with E-state index in [2.05, 4.69) is 46.7 Å². The third-order valence-corrected chi connectivity index (χ3v) is 11.4. The van der Waals surface area contributed by atoms with E-state index in [1.807, 2.05) is 12.1 Å². The third kappa shape index (κ3) is 15.4. The van der Waals surface area contributed by atoms with Gasteiger partial charge in [0.1, 0.15) is 18.0 Å². The van der Waals surface area contributed by atoms with Crippen LogP contribution >= 0.6 is 0 Å². The summed E-state index contributed by atoms with van der Waals surface area (Å²) < 4.78 is 42.1. The lowest BCUT2D eigenvalue weighted by molar-refractivity contribution is -0.684. The molecule has 19 heteroatoms. The summed E-state index contributed by atoms with van der Waals surface area (Å²) in [6.07, 6.45) is 11.1. The molecule has 4 amide bonds. The van der Waals surface area contributed by atoms with Crippen LogP contribution in [0.5, 0.6) is 5.75 Å². The third-order valence-electron chi connectivity index (χ3n) is 9.87. The molecule has 4 aromatic rings. The normalized spacial score (nSPS) is 12.8. The van der Waals surface area contributed by atoms with Gasteiger partial charge in [0.15, 0.2) is 12.4 Å². The number of pyridine rings is 2. The zero-order valence-corrected chi connectivity index (χ0v) is 36.0. The fraction of sp³-hybridized carbons (Fsp3) is 0.395. The first-order chi connectivity index (χ1) is 30.0. The smallest absolute Gasteiger partial charge is 0.327 e. The van der Waals surface area contributed by atoms with E-state index in [1.165, 1.54) is 30.3 Å². The number of anilines is 3. The lowest BCUT2D eigenvalue weighted by Crippen LogP contribution is -2.43. The second-order valence-corrected chi connectivity index (χ2v) is 16.3. The van der Waals surface area contributed by atoms with Crippen LogP contribution in [0.3, 0.4) is 0 Å². The van der Waals surface area contributed by atoms with Gasteiger partial charge >= 0.3 is 11.8 Å². The standard InChI is InChI=1S/C43H56N10O8S/c1-32-12-17-38(62(58,59)51-36-15-13-35(14-16-36)49-50-43(57)42(56)47-21-9-23-52-24-26-60-27-25-52)33(2)40(32)48-39(54)30-53-22-8-10-34(29-53)41(55)46-20-6-4-3-5-18-45-31-61-37-11-7-19-44-28-37/h7-8,10-17,19,22,28-29,45H,3-6,9,18,20-21,23-27,30-31H2,1-2H3,(H5-,46,47,48,49,50,51,54,55,56,57)/p+1. The van der Waals surface area contributed by atoms with E-state index in [0.29, 0.717) is 67.5 Å². The van der Waals surface area contributed by atoms with Crippen LogP contribution in [-0.4, -0.2) is 101 Å². The Morgan fingerprint density at radius 1 is 0.839 bits per heavy atom. The minimum absolute atomic E-state index is 0.0294. The molecule has 62 heavy (non-hydrogen) atoms. The highest BCUT2D eigenvalue weighted by atomic mass is 32.2. The summed E-state index contributed by atoms with van der Waals surface area (Å²) in [6, 6.07) is 16.2. The molecule has 0 unspecified atom stereocenters. The minimum Gasteiger partial charge on any atom is -0.477 e. The molecule has 0 bridgehead atoms. The van der Waals surface area contributed by atoms with Gasteiger partial charge in [-0.2, -0.15) is 4.57 Å². The number of nitrogens with one attached hydrogen (secondary N) is 7. The highest BCUT2D eigenvalue weighted by Gasteiger charge is 2.23. The van der Waals surface area contributed by atoms with Gasteiger partial charge in [-0.1, -0.05) is 18.9 Å². The van der Waals surface area contributed by atoms with Crippen molar-refractivity contribution in [1.82, 2.24) is 31.3 Å². The number of aromatic nitrogens is 2. The van der Waals surface area contributed by atoms with Gasteiger partial charge in [-0.3, -0.25) is 50.0 Å². The molecule has 0 spiro atoms. The summed E-state index contributed by atoms with van der Waals surface area (Å²) in [5.41, 5.74) is 7.43. The van der Waals surface area contributed by atoms with E-state index in [4.69, 9.17) is 9.47 Å². The van der Waals surface area contributed by atoms with Crippen molar-refractivity contribution >= 4 is 50.7 Å². The Morgan fingerprint density at radius 2 is 1.58 bits per heavy atom. The number of hydrazine groups is 1. The average Bonchev–Trinajstić information content (AvgIpc) is 3.27. The first-order valence-electron chi connectivity index (χ1n) is 20.7. The molecule has 0 saturated carbocycles. The van der Waals surface area contributed by atoms with Crippen molar-refractivity contribution in [2.75, 3.05) is 74.7 Å². The number of hydrogen-bond donors (Lipinski definition) is 7. The van der Waals surface area contributed by atoms with E-state index >= 15 is 0 Å². The summed E-state index contributed by atoms with van der Waals surface area (Å²) in [5.74, 6) is -1.57. The number of carbonyl (C=O) groups excluding carboxylic acids is 4. The lowest BCUT2D eigenvalue weighted by Gasteiger charge is -2.26. The van der Waals surface area contributed by atoms with Crippen molar-refractivity contribution in [3.05, 3.63) is 102 Å². The summed E-state index contributed by atoms with van der Waals surface area (Å²) in [6.45, 7) is 9.27. The fourth-order valence-corrected chi connectivity index (χ4v) is 7.82. The number of ether oxygens (including phenoxy) is 2.